The fraction of sp³-hybridized carbons (Fsp3) is 0.571. The van der Waals surface area contributed by atoms with Crippen molar-refractivity contribution in [1.82, 2.24) is 10.2 Å². The van der Waals surface area contributed by atoms with E-state index in [2.05, 4.69) is 29.4 Å². The summed E-state index contributed by atoms with van der Waals surface area (Å²) in [6, 6.07) is 5.25. The highest BCUT2D eigenvalue weighted by molar-refractivity contribution is 5.62. The Bertz CT molecular complexity index is 472. The Balaban J connectivity index is 2.70. The van der Waals surface area contributed by atoms with Crippen LogP contribution in [0.5, 0.6) is 0 Å². The van der Waals surface area contributed by atoms with Crippen molar-refractivity contribution in [3.05, 3.63) is 33.9 Å². The first-order valence-electron chi connectivity index (χ1n) is 6.61. The maximum absolute atomic E-state index is 11.0. The summed E-state index contributed by atoms with van der Waals surface area (Å²) in [4.78, 5) is 12.8. The summed E-state index contributed by atoms with van der Waals surface area (Å²) >= 11 is 0. The molecular formula is C14H24N4O2. The zero-order valence-corrected chi connectivity index (χ0v) is 12.9. The minimum Gasteiger partial charge on any atom is -0.383 e. The maximum atomic E-state index is 11.0. The van der Waals surface area contributed by atoms with Gasteiger partial charge in [-0.1, -0.05) is 6.07 Å². The second kappa shape index (κ2) is 6.67. The highest BCUT2D eigenvalue weighted by atomic mass is 16.6. The van der Waals surface area contributed by atoms with Crippen molar-refractivity contribution in [3.63, 3.8) is 0 Å². The molecule has 6 nitrogen and oxygen atoms in total. The van der Waals surface area contributed by atoms with Gasteiger partial charge >= 0.3 is 0 Å². The molecule has 0 aliphatic carbocycles. The van der Waals surface area contributed by atoms with Crippen LogP contribution in [0.15, 0.2) is 18.2 Å². The normalized spacial score (nSPS) is 11.7. The van der Waals surface area contributed by atoms with E-state index < -0.39 is 0 Å². The summed E-state index contributed by atoms with van der Waals surface area (Å²) in [7, 11) is 5.75. The fourth-order valence-corrected chi connectivity index (χ4v) is 1.72. The Morgan fingerprint density at radius 1 is 1.35 bits per heavy atom. The number of benzene rings is 1. The lowest BCUT2D eigenvalue weighted by Gasteiger charge is -2.32. The number of likely N-dealkylation sites (N-methyl/N-ethyl adjacent to an activating group) is 1. The van der Waals surface area contributed by atoms with Crippen LogP contribution in [-0.4, -0.2) is 43.0 Å². The molecule has 0 saturated heterocycles. The van der Waals surface area contributed by atoms with Crippen molar-refractivity contribution >= 4 is 11.4 Å². The molecule has 0 saturated carbocycles. The first-order valence-corrected chi connectivity index (χ1v) is 6.61. The Kier molecular flexibility index (Phi) is 5.47. The molecule has 2 N–H and O–H groups in total. The third kappa shape index (κ3) is 4.18. The molecule has 0 aromatic heterocycles. The monoisotopic (exact) mass is 280 g/mol. The quantitative estimate of drug-likeness (QED) is 0.591. The summed E-state index contributed by atoms with van der Waals surface area (Å²) in [5.74, 6) is 0. The van der Waals surface area contributed by atoms with Crippen LogP contribution in [-0.2, 0) is 6.54 Å². The first-order chi connectivity index (χ1) is 9.27. The van der Waals surface area contributed by atoms with E-state index in [1.54, 1.807) is 19.2 Å². The zero-order valence-electron chi connectivity index (χ0n) is 12.9. The Morgan fingerprint density at radius 3 is 2.50 bits per heavy atom. The number of hydrogen-bond donors (Lipinski definition) is 2. The van der Waals surface area contributed by atoms with Gasteiger partial charge < -0.3 is 15.5 Å². The topological polar surface area (TPSA) is 70.4 Å². The van der Waals surface area contributed by atoms with Crippen LogP contribution in [0.1, 0.15) is 19.4 Å². The second-order valence-corrected chi connectivity index (χ2v) is 5.67. The second-order valence-electron chi connectivity index (χ2n) is 5.67. The summed E-state index contributed by atoms with van der Waals surface area (Å²) in [6.07, 6.45) is 0. The average Bonchev–Trinajstić information content (AvgIpc) is 2.38. The number of nitrogens with one attached hydrogen (secondary N) is 2. The molecule has 0 amide bonds. The van der Waals surface area contributed by atoms with Gasteiger partial charge in [0.05, 0.1) is 4.92 Å². The molecule has 1 aromatic carbocycles. The van der Waals surface area contributed by atoms with E-state index >= 15 is 0 Å². The summed E-state index contributed by atoms with van der Waals surface area (Å²) < 4.78 is 0. The molecule has 0 aliphatic rings. The number of rotatable bonds is 7. The third-order valence-electron chi connectivity index (χ3n) is 3.63. The number of nitrogens with zero attached hydrogens (tertiary/aromatic N) is 2. The van der Waals surface area contributed by atoms with E-state index in [-0.39, 0.29) is 16.1 Å². The molecule has 1 aromatic rings. The highest BCUT2D eigenvalue weighted by Gasteiger charge is 2.19. The SMILES string of the molecule is CNc1ccc(CNCC(C)(C)N(C)C)cc1[N+](=O)[O-]. The van der Waals surface area contributed by atoms with Crippen LogP contribution in [0, 0.1) is 10.1 Å². The van der Waals surface area contributed by atoms with E-state index in [1.807, 2.05) is 20.2 Å². The molecule has 0 atom stereocenters. The lowest BCUT2D eigenvalue weighted by Crippen LogP contribution is -2.46. The molecule has 112 valence electrons. The summed E-state index contributed by atoms with van der Waals surface area (Å²) in [5, 5.41) is 17.2. The average molecular weight is 280 g/mol. The maximum Gasteiger partial charge on any atom is 0.292 e. The van der Waals surface area contributed by atoms with E-state index in [0.717, 1.165) is 12.1 Å². The van der Waals surface area contributed by atoms with Gasteiger partial charge in [-0.2, -0.15) is 0 Å². The van der Waals surface area contributed by atoms with Crippen LogP contribution in [0.2, 0.25) is 0 Å². The van der Waals surface area contributed by atoms with Gasteiger partial charge in [0.25, 0.3) is 5.69 Å². The van der Waals surface area contributed by atoms with Crippen molar-refractivity contribution in [2.24, 2.45) is 0 Å². The Labute approximate surface area is 120 Å². The van der Waals surface area contributed by atoms with Crippen molar-refractivity contribution in [2.75, 3.05) is 33.0 Å². The molecule has 0 bridgehead atoms. The van der Waals surface area contributed by atoms with Gasteiger partial charge in [-0.05, 0) is 39.6 Å². The number of hydrogen-bond acceptors (Lipinski definition) is 5. The highest BCUT2D eigenvalue weighted by Crippen LogP contribution is 2.24. The van der Waals surface area contributed by atoms with Gasteiger partial charge in [0.2, 0.25) is 0 Å². The number of anilines is 1. The Morgan fingerprint density at radius 2 is 2.00 bits per heavy atom. The van der Waals surface area contributed by atoms with Gasteiger partial charge in [-0.15, -0.1) is 0 Å². The molecule has 0 spiro atoms. The van der Waals surface area contributed by atoms with Crippen LogP contribution in [0.25, 0.3) is 0 Å². The fourth-order valence-electron chi connectivity index (χ4n) is 1.72. The van der Waals surface area contributed by atoms with Gasteiger partial charge in [0, 0.05) is 31.7 Å². The smallest absolute Gasteiger partial charge is 0.292 e. The predicted octanol–water partition coefficient (Wildman–Crippen LogP) is 2.07. The molecule has 0 heterocycles. The van der Waals surface area contributed by atoms with Crippen molar-refractivity contribution in [2.45, 2.75) is 25.9 Å². The largest absolute Gasteiger partial charge is 0.383 e. The number of nitro benzene ring substituents is 1. The van der Waals surface area contributed by atoms with Crippen LogP contribution >= 0.6 is 0 Å². The summed E-state index contributed by atoms with van der Waals surface area (Å²) in [6.45, 7) is 5.71. The third-order valence-corrected chi connectivity index (χ3v) is 3.63. The van der Waals surface area contributed by atoms with E-state index in [9.17, 15) is 10.1 Å². The van der Waals surface area contributed by atoms with Crippen molar-refractivity contribution in [1.29, 1.82) is 0 Å². The lowest BCUT2D eigenvalue weighted by atomic mass is 10.0. The summed E-state index contributed by atoms with van der Waals surface area (Å²) in [5.41, 5.74) is 1.59. The predicted molar refractivity (Wildman–Crippen MR) is 82.1 cm³/mol. The Hall–Kier alpha value is -1.66. The molecule has 0 radical (unpaired) electrons. The van der Waals surface area contributed by atoms with Gasteiger partial charge in [-0.3, -0.25) is 10.1 Å². The van der Waals surface area contributed by atoms with E-state index in [0.29, 0.717) is 12.2 Å². The first kappa shape index (κ1) is 16.4. The van der Waals surface area contributed by atoms with Crippen LogP contribution in [0.3, 0.4) is 0 Å². The van der Waals surface area contributed by atoms with Gasteiger partial charge in [0.1, 0.15) is 5.69 Å². The number of nitro groups is 1. The molecule has 0 fully saturated rings. The molecule has 1 rings (SSSR count). The lowest BCUT2D eigenvalue weighted by molar-refractivity contribution is -0.384. The van der Waals surface area contributed by atoms with E-state index in [4.69, 9.17) is 0 Å². The minimum absolute atomic E-state index is 0.0385. The van der Waals surface area contributed by atoms with Crippen molar-refractivity contribution < 1.29 is 4.92 Å². The van der Waals surface area contributed by atoms with Gasteiger partial charge in [0.15, 0.2) is 0 Å². The standard InChI is InChI=1S/C14H24N4O2/c1-14(2,17(4)5)10-16-9-11-6-7-12(15-3)13(8-11)18(19)20/h6-8,15-16H,9-10H2,1-5H3. The van der Waals surface area contributed by atoms with Gasteiger partial charge in [-0.25, -0.2) is 0 Å². The molecule has 6 heteroatoms. The minimum atomic E-state index is -0.362. The molecular weight excluding hydrogens is 256 g/mol. The zero-order chi connectivity index (χ0) is 15.3. The molecule has 0 unspecified atom stereocenters. The van der Waals surface area contributed by atoms with Crippen LogP contribution < -0.4 is 10.6 Å². The van der Waals surface area contributed by atoms with Crippen LogP contribution in [0.4, 0.5) is 11.4 Å². The molecule has 20 heavy (non-hydrogen) atoms. The van der Waals surface area contributed by atoms with Crippen molar-refractivity contribution in [3.8, 4) is 0 Å². The molecule has 0 aliphatic heterocycles. The van der Waals surface area contributed by atoms with E-state index in [1.165, 1.54) is 0 Å².